The fourth-order valence-electron chi connectivity index (χ4n) is 2.05. The molecule has 16 heavy (non-hydrogen) atoms. The lowest BCUT2D eigenvalue weighted by Gasteiger charge is -2.14. The van der Waals surface area contributed by atoms with Crippen molar-refractivity contribution in [1.82, 2.24) is 0 Å². The molecule has 1 atom stereocenters. The Morgan fingerprint density at radius 3 is 2.19 bits per heavy atom. The number of hydrogen-bond acceptors (Lipinski definition) is 1. The molecule has 1 nitrogen and oxygen atoms in total. The Hall–Kier alpha value is -1.31. The van der Waals surface area contributed by atoms with E-state index in [1.165, 1.54) is 5.56 Å². The predicted molar refractivity (Wildman–Crippen MR) is 64.6 cm³/mol. The highest BCUT2D eigenvalue weighted by molar-refractivity contribution is 6.31. The molecule has 0 N–H and O–H groups in total. The molecule has 1 aliphatic rings. The monoisotopic (exact) mass is 230 g/mol. The van der Waals surface area contributed by atoms with E-state index in [-0.39, 0.29) is 5.60 Å². The minimum absolute atomic E-state index is 0.306. The Morgan fingerprint density at radius 2 is 1.56 bits per heavy atom. The van der Waals surface area contributed by atoms with Crippen molar-refractivity contribution in [3.8, 4) is 0 Å². The molecule has 1 saturated heterocycles. The first kappa shape index (κ1) is 9.88. The van der Waals surface area contributed by atoms with Gasteiger partial charge in [0.25, 0.3) is 0 Å². The van der Waals surface area contributed by atoms with E-state index in [4.69, 9.17) is 16.3 Å². The highest BCUT2D eigenvalue weighted by Gasteiger charge is 2.49. The minimum Gasteiger partial charge on any atom is -0.359 e. The van der Waals surface area contributed by atoms with Crippen LogP contribution in [0.25, 0.3) is 0 Å². The summed E-state index contributed by atoms with van der Waals surface area (Å²) in [6.45, 7) is 0.709. The molecule has 1 fully saturated rings. The van der Waals surface area contributed by atoms with E-state index >= 15 is 0 Å². The number of halogens is 1. The largest absolute Gasteiger partial charge is 0.359 e. The van der Waals surface area contributed by atoms with Gasteiger partial charge in [0, 0.05) is 10.6 Å². The van der Waals surface area contributed by atoms with Crippen LogP contribution in [0.15, 0.2) is 54.6 Å². The summed E-state index contributed by atoms with van der Waals surface area (Å²) in [7, 11) is 0. The maximum absolute atomic E-state index is 6.22. The van der Waals surface area contributed by atoms with Crippen molar-refractivity contribution in [2.24, 2.45) is 0 Å². The van der Waals surface area contributed by atoms with Crippen molar-refractivity contribution in [3.05, 3.63) is 70.7 Å². The smallest absolute Gasteiger partial charge is 0.143 e. The number of benzene rings is 2. The summed E-state index contributed by atoms with van der Waals surface area (Å²) in [6, 6.07) is 18.1. The van der Waals surface area contributed by atoms with E-state index in [2.05, 4.69) is 12.1 Å². The third kappa shape index (κ3) is 1.44. The third-order valence-electron chi connectivity index (χ3n) is 2.98. The fraction of sp³-hybridized carbons (Fsp3) is 0.143. The molecule has 0 aromatic heterocycles. The minimum atomic E-state index is -0.306. The highest BCUT2D eigenvalue weighted by atomic mass is 35.5. The molecule has 0 radical (unpaired) electrons. The molecule has 2 aromatic rings. The summed E-state index contributed by atoms with van der Waals surface area (Å²) in [5.74, 6) is 0. The first-order valence-corrected chi connectivity index (χ1v) is 5.65. The van der Waals surface area contributed by atoms with Crippen molar-refractivity contribution in [3.63, 3.8) is 0 Å². The normalized spacial score (nSPS) is 23.1. The van der Waals surface area contributed by atoms with Gasteiger partial charge >= 0.3 is 0 Å². The first-order valence-electron chi connectivity index (χ1n) is 5.27. The number of epoxide rings is 1. The Kier molecular flexibility index (Phi) is 2.23. The van der Waals surface area contributed by atoms with Gasteiger partial charge in [-0.2, -0.15) is 0 Å². The van der Waals surface area contributed by atoms with Crippen LogP contribution in [0.3, 0.4) is 0 Å². The summed E-state index contributed by atoms with van der Waals surface area (Å²) in [4.78, 5) is 0. The molecule has 0 amide bonds. The van der Waals surface area contributed by atoms with Crippen molar-refractivity contribution in [1.29, 1.82) is 0 Å². The van der Waals surface area contributed by atoms with Crippen LogP contribution in [0.5, 0.6) is 0 Å². The quantitative estimate of drug-likeness (QED) is 0.718. The summed E-state index contributed by atoms with van der Waals surface area (Å²) in [5.41, 5.74) is 1.92. The van der Waals surface area contributed by atoms with Gasteiger partial charge in [-0.25, -0.2) is 0 Å². The average Bonchev–Trinajstić information content (AvgIpc) is 3.12. The van der Waals surface area contributed by atoms with Crippen LogP contribution in [0.2, 0.25) is 5.02 Å². The second kappa shape index (κ2) is 3.62. The van der Waals surface area contributed by atoms with Crippen LogP contribution in [-0.2, 0) is 10.3 Å². The zero-order valence-corrected chi connectivity index (χ0v) is 9.45. The molecule has 3 rings (SSSR count). The van der Waals surface area contributed by atoms with Crippen LogP contribution in [-0.4, -0.2) is 6.61 Å². The Labute approximate surface area is 99.6 Å². The van der Waals surface area contributed by atoms with Gasteiger partial charge in [0.1, 0.15) is 5.60 Å². The van der Waals surface area contributed by atoms with E-state index in [0.29, 0.717) is 6.61 Å². The Morgan fingerprint density at radius 1 is 0.938 bits per heavy atom. The second-order valence-corrected chi connectivity index (χ2v) is 4.37. The van der Waals surface area contributed by atoms with Crippen LogP contribution >= 0.6 is 11.6 Å². The molecule has 2 aromatic carbocycles. The maximum Gasteiger partial charge on any atom is 0.143 e. The molecule has 1 aliphatic heterocycles. The molecule has 1 unspecified atom stereocenters. The van der Waals surface area contributed by atoms with Gasteiger partial charge in [-0.15, -0.1) is 0 Å². The van der Waals surface area contributed by atoms with E-state index < -0.39 is 0 Å². The lowest BCUT2D eigenvalue weighted by Crippen LogP contribution is -2.11. The lowest BCUT2D eigenvalue weighted by atomic mass is 9.92. The summed E-state index contributed by atoms with van der Waals surface area (Å²) < 4.78 is 5.66. The first-order chi connectivity index (χ1) is 7.83. The SMILES string of the molecule is Clc1ccccc1C1(c2ccccc2)CO1. The van der Waals surface area contributed by atoms with Gasteiger partial charge in [-0.05, 0) is 11.6 Å². The van der Waals surface area contributed by atoms with Gasteiger partial charge in [0.2, 0.25) is 0 Å². The van der Waals surface area contributed by atoms with Gasteiger partial charge in [-0.1, -0.05) is 60.1 Å². The predicted octanol–water partition coefficient (Wildman–Crippen LogP) is 3.61. The molecule has 1 heterocycles. The molecule has 80 valence electrons. The van der Waals surface area contributed by atoms with Gasteiger partial charge < -0.3 is 4.74 Å². The highest BCUT2D eigenvalue weighted by Crippen LogP contribution is 2.47. The Balaban J connectivity index is 2.11. The van der Waals surface area contributed by atoms with Crippen LogP contribution < -0.4 is 0 Å². The zero-order chi connectivity index (χ0) is 11.0. The lowest BCUT2D eigenvalue weighted by molar-refractivity contribution is 0.349. The molecule has 2 heteroatoms. The molecule has 0 spiro atoms. The fourth-order valence-corrected chi connectivity index (χ4v) is 2.33. The Bertz CT molecular complexity index is 503. The van der Waals surface area contributed by atoms with E-state index in [1.54, 1.807) is 0 Å². The van der Waals surface area contributed by atoms with Crippen molar-refractivity contribution in [2.45, 2.75) is 5.60 Å². The molecular weight excluding hydrogens is 220 g/mol. The standard InChI is InChI=1S/C14H11ClO/c15-13-9-5-4-8-12(13)14(10-16-14)11-6-2-1-3-7-11/h1-9H,10H2. The number of ether oxygens (including phenoxy) is 1. The zero-order valence-electron chi connectivity index (χ0n) is 8.69. The van der Waals surface area contributed by atoms with Crippen LogP contribution in [0.1, 0.15) is 11.1 Å². The van der Waals surface area contributed by atoms with E-state index in [0.717, 1.165) is 10.6 Å². The van der Waals surface area contributed by atoms with Gasteiger partial charge in [-0.3, -0.25) is 0 Å². The molecular formula is C14H11ClO. The van der Waals surface area contributed by atoms with Crippen LogP contribution in [0.4, 0.5) is 0 Å². The molecule has 0 saturated carbocycles. The van der Waals surface area contributed by atoms with Gasteiger partial charge in [0.05, 0.1) is 6.61 Å². The molecule has 0 bridgehead atoms. The van der Waals surface area contributed by atoms with E-state index in [1.807, 2.05) is 42.5 Å². The number of hydrogen-bond donors (Lipinski definition) is 0. The maximum atomic E-state index is 6.22. The average molecular weight is 231 g/mol. The van der Waals surface area contributed by atoms with Crippen molar-refractivity contribution in [2.75, 3.05) is 6.61 Å². The summed E-state index contributed by atoms with van der Waals surface area (Å²) in [5, 5.41) is 0.767. The van der Waals surface area contributed by atoms with Gasteiger partial charge in [0.15, 0.2) is 0 Å². The van der Waals surface area contributed by atoms with Crippen molar-refractivity contribution < 1.29 is 4.74 Å². The van der Waals surface area contributed by atoms with E-state index in [9.17, 15) is 0 Å². The van der Waals surface area contributed by atoms with Crippen molar-refractivity contribution >= 4 is 11.6 Å². The topological polar surface area (TPSA) is 12.5 Å². The van der Waals surface area contributed by atoms with Crippen LogP contribution in [0, 0.1) is 0 Å². The second-order valence-electron chi connectivity index (χ2n) is 3.96. The molecule has 0 aliphatic carbocycles. The summed E-state index contributed by atoms with van der Waals surface area (Å²) in [6.07, 6.45) is 0. The summed E-state index contributed by atoms with van der Waals surface area (Å²) >= 11 is 6.22. The third-order valence-corrected chi connectivity index (χ3v) is 3.31. The number of rotatable bonds is 2.